The zero-order valence-electron chi connectivity index (χ0n) is 21.5. The molecule has 2 amide bonds. The highest BCUT2D eigenvalue weighted by molar-refractivity contribution is 14.1. The van der Waals surface area contributed by atoms with Crippen molar-refractivity contribution in [2.45, 2.75) is 82.6 Å². The van der Waals surface area contributed by atoms with Crippen LogP contribution in [-0.2, 0) is 9.59 Å². The second-order valence-electron chi connectivity index (χ2n) is 9.47. The van der Waals surface area contributed by atoms with E-state index in [1.807, 2.05) is 29.5 Å². The Morgan fingerprint density at radius 1 is 1.22 bits per heavy atom. The maximum atomic E-state index is 13.3. The van der Waals surface area contributed by atoms with E-state index >= 15 is 0 Å². The van der Waals surface area contributed by atoms with Crippen molar-refractivity contribution in [2.24, 2.45) is 0 Å². The summed E-state index contributed by atoms with van der Waals surface area (Å²) in [5.41, 5.74) is 0.804. The van der Waals surface area contributed by atoms with Crippen LogP contribution in [0.15, 0.2) is 23.8 Å². The zero-order valence-corrected chi connectivity index (χ0v) is 23.6. The molecule has 0 heterocycles. The molecule has 0 radical (unpaired) electrons. The second kappa shape index (κ2) is 14.1. The average Bonchev–Trinajstić information content (AvgIpc) is 3.19. The monoisotopic (exact) mass is 628 g/mol. The predicted molar refractivity (Wildman–Crippen MR) is 147 cm³/mol. The summed E-state index contributed by atoms with van der Waals surface area (Å²) >= 11 is 2.04. The smallest absolute Gasteiger partial charge is 0.247 e. The Balaban J connectivity index is 2.02. The Bertz CT molecular complexity index is 991. The van der Waals surface area contributed by atoms with Gasteiger partial charge in [-0.1, -0.05) is 32.6 Å². The van der Waals surface area contributed by atoms with Crippen LogP contribution in [0.3, 0.4) is 0 Å². The molecule has 0 aromatic heterocycles. The normalized spacial score (nSPS) is 22.4. The molecular weight excluding hydrogens is 591 g/mol. The Kier molecular flexibility index (Phi) is 11.2. The van der Waals surface area contributed by atoms with E-state index in [1.54, 1.807) is 23.1 Å². The van der Waals surface area contributed by atoms with Crippen LogP contribution in [-0.4, -0.2) is 77.8 Å². The van der Waals surface area contributed by atoms with Gasteiger partial charge in [-0.25, -0.2) is 0 Å². The lowest BCUT2D eigenvalue weighted by Gasteiger charge is -2.44. The standard InChI is InChI=1S/C27H37IN2O7/c1-3-24(33)30(19-8-6-4-5-7-9-19)21-14-18(27(35)29-10-11-31)15-22(25(21)34)37-26-20(28)12-17(16-32)13-23(26)36-2/h12-13,15-16,19,21-22,25,31,34H,3-11,14H2,1-2H3,(H,29,35)/t21-,22+,25+/m1/s1. The lowest BCUT2D eigenvalue weighted by atomic mass is 9.86. The number of aldehydes is 1. The van der Waals surface area contributed by atoms with Crippen molar-refractivity contribution in [3.63, 3.8) is 0 Å². The number of amides is 2. The van der Waals surface area contributed by atoms with Gasteiger partial charge in [0.2, 0.25) is 11.8 Å². The molecule has 2 aliphatic rings. The molecule has 9 nitrogen and oxygen atoms in total. The van der Waals surface area contributed by atoms with Crippen molar-refractivity contribution in [3.8, 4) is 11.5 Å². The summed E-state index contributed by atoms with van der Waals surface area (Å²) in [6, 6.07) is 2.53. The number of nitrogens with one attached hydrogen (secondary N) is 1. The highest BCUT2D eigenvalue weighted by Gasteiger charge is 2.42. The summed E-state index contributed by atoms with van der Waals surface area (Å²) in [6.07, 6.45) is 6.70. The highest BCUT2D eigenvalue weighted by Crippen LogP contribution is 2.38. The first-order chi connectivity index (χ1) is 17.8. The van der Waals surface area contributed by atoms with Gasteiger partial charge in [-0.3, -0.25) is 14.4 Å². The van der Waals surface area contributed by atoms with E-state index in [9.17, 15) is 24.6 Å². The van der Waals surface area contributed by atoms with Crippen molar-refractivity contribution >= 4 is 40.7 Å². The van der Waals surface area contributed by atoms with E-state index in [4.69, 9.17) is 9.47 Å². The number of aliphatic hydroxyl groups is 2. The van der Waals surface area contributed by atoms with Gasteiger partial charge in [-0.05, 0) is 53.6 Å². The summed E-state index contributed by atoms with van der Waals surface area (Å²) in [7, 11) is 1.46. The van der Waals surface area contributed by atoms with Crippen molar-refractivity contribution in [3.05, 3.63) is 32.9 Å². The number of ether oxygens (including phenoxy) is 2. The molecule has 3 atom stereocenters. The van der Waals surface area contributed by atoms with Crippen LogP contribution in [0.1, 0.15) is 68.6 Å². The van der Waals surface area contributed by atoms with Gasteiger partial charge in [-0.2, -0.15) is 0 Å². The molecule has 1 aromatic carbocycles. The fourth-order valence-corrected chi connectivity index (χ4v) is 5.94. The molecule has 1 aromatic rings. The van der Waals surface area contributed by atoms with E-state index in [1.165, 1.54) is 7.11 Å². The number of hydrogen-bond acceptors (Lipinski definition) is 7. The first kappa shape index (κ1) is 29.4. The predicted octanol–water partition coefficient (Wildman–Crippen LogP) is 2.99. The fourth-order valence-electron chi connectivity index (χ4n) is 5.18. The molecule has 0 bridgehead atoms. The van der Waals surface area contributed by atoms with Crippen molar-refractivity contribution in [1.82, 2.24) is 10.2 Å². The molecule has 3 rings (SSSR count). The number of methoxy groups -OCH3 is 1. The van der Waals surface area contributed by atoms with Gasteiger partial charge >= 0.3 is 0 Å². The molecule has 0 unspecified atom stereocenters. The largest absolute Gasteiger partial charge is 0.493 e. The Hall–Kier alpha value is -2.18. The van der Waals surface area contributed by atoms with Crippen molar-refractivity contribution in [2.75, 3.05) is 20.3 Å². The van der Waals surface area contributed by atoms with Gasteiger partial charge in [0.15, 0.2) is 11.5 Å². The first-order valence-corrected chi connectivity index (χ1v) is 14.0. The van der Waals surface area contributed by atoms with Gasteiger partial charge < -0.3 is 29.9 Å². The second-order valence-corrected chi connectivity index (χ2v) is 10.6. The number of carbonyl (C=O) groups excluding carboxylic acids is 3. The van der Waals surface area contributed by atoms with Gasteiger partial charge in [0.05, 0.1) is 23.3 Å². The number of carbonyl (C=O) groups is 3. The van der Waals surface area contributed by atoms with Gasteiger partial charge in [-0.15, -0.1) is 0 Å². The summed E-state index contributed by atoms with van der Waals surface area (Å²) in [4.78, 5) is 39.4. The van der Waals surface area contributed by atoms with E-state index < -0.39 is 18.2 Å². The summed E-state index contributed by atoms with van der Waals surface area (Å²) in [6.45, 7) is 1.70. The maximum Gasteiger partial charge on any atom is 0.247 e. The van der Waals surface area contributed by atoms with Crippen LogP contribution in [0, 0.1) is 3.57 Å². The number of halogens is 1. The summed E-state index contributed by atoms with van der Waals surface area (Å²) < 4.78 is 12.3. The Labute approximate surface area is 231 Å². The average molecular weight is 629 g/mol. The third-order valence-electron chi connectivity index (χ3n) is 7.02. The van der Waals surface area contributed by atoms with Crippen LogP contribution in [0.4, 0.5) is 0 Å². The molecule has 0 aliphatic heterocycles. The van der Waals surface area contributed by atoms with Crippen LogP contribution in [0.25, 0.3) is 0 Å². The van der Waals surface area contributed by atoms with Crippen molar-refractivity contribution in [1.29, 1.82) is 0 Å². The van der Waals surface area contributed by atoms with Crippen LogP contribution in [0.5, 0.6) is 11.5 Å². The quantitative estimate of drug-likeness (QED) is 0.207. The SMILES string of the molecule is CCC(=O)N(C1CCCCCC1)[C@@H]1CC(C(=O)NCCO)=C[C@H](Oc2c(I)cc(C=O)cc2OC)[C@H]1O. The topological polar surface area (TPSA) is 125 Å². The third-order valence-corrected chi connectivity index (χ3v) is 7.82. The molecule has 0 spiro atoms. The van der Waals surface area contributed by atoms with Crippen LogP contribution in [0.2, 0.25) is 0 Å². The van der Waals surface area contributed by atoms with E-state index in [0.717, 1.165) is 38.5 Å². The molecule has 1 fully saturated rings. The van der Waals surface area contributed by atoms with Crippen LogP contribution >= 0.6 is 22.6 Å². The minimum absolute atomic E-state index is 0.0170. The van der Waals surface area contributed by atoms with Crippen LogP contribution < -0.4 is 14.8 Å². The van der Waals surface area contributed by atoms with Crippen molar-refractivity contribution < 1.29 is 34.1 Å². The van der Waals surface area contributed by atoms with Gasteiger partial charge in [0, 0.05) is 36.6 Å². The third kappa shape index (κ3) is 7.23. The first-order valence-electron chi connectivity index (χ1n) is 12.9. The lowest BCUT2D eigenvalue weighted by molar-refractivity contribution is -0.142. The minimum Gasteiger partial charge on any atom is -0.493 e. The summed E-state index contributed by atoms with van der Waals surface area (Å²) in [5, 5.41) is 23.5. The number of aliphatic hydroxyl groups excluding tert-OH is 2. The Morgan fingerprint density at radius 2 is 1.92 bits per heavy atom. The fraction of sp³-hybridized carbons (Fsp3) is 0.593. The molecule has 0 saturated heterocycles. The van der Waals surface area contributed by atoms with E-state index in [2.05, 4.69) is 5.32 Å². The highest BCUT2D eigenvalue weighted by atomic mass is 127. The molecule has 3 N–H and O–H groups in total. The zero-order chi connectivity index (χ0) is 26.9. The van der Waals surface area contributed by atoms with Gasteiger partial charge in [0.1, 0.15) is 18.5 Å². The number of benzene rings is 1. The minimum atomic E-state index is -1.10. The molecule has 37 heavy (non-hydrogen) atoms. The van der Waals surface area contributed by atoms with Gasteiger partial charge in [0.25, 0.3) is 0 Å². The van der Waals surface area contributed by atoms with E-state index in [0.29, 0.717) is 38.9 Å². The summed E-state index contributed by atoms with van der Waals surface area (Å²) in [5.74, 6) is 0.234. The number of nitrogens with zero attached hydrogens (tertiary/aromatic N) is 1. The Morgan fingerprint density at radius 3 is 2.51 bits per heavy atom. The lowest BCUT2D eigenvalue weighted by Crippen LogP contribution is -2.58. The molecule has 204 valence electrons. The van der Waals surface area contributed by atoms with E-state index in [-0.39, 0.29) is 37.4 Å². The number of rotatable bonds is 10. The molecular formula is C27H37IN2O7. The maximum absolute atomic E-state index is 13.3. The molecule has 2 aliphatic carbocycles. The molecule has 1 saturated carbocycles. The molecule has 10 heteroatoms. The number of hydrogen-bond donors (Lipinski definition) is 3.